The lowest BCUT2D eigenvalue weighted by molar-refractivity contribution is 0.0984. The maximum absolute atomic E-state index is 13.6. The van der Waals surface area contributed by atoms with E-state index < -0.39 is 0 Å². The predicted octanol–water partition coefficient (Wildman–Crippen LogP) is 6.59. The highest BCUT2D eigenvalue weighted by Gasteiger charge is 2.35. The Morgan fingerprint density at radius 1 is 1.00 bits per heavy atom. The van der Waals surface area contributed by atoms with Crippen molar-refractivity contribution in [2.75, 3.05) is 17.3 Å². The van der Waals surface area contributed by atoms with Gasteiger partial charge >= 0.3 is 0 Å². The largest absolute Gasteiger partial charge is 0.507 e. The van der Waals surface area contributed by atoms with E-state index in [0.717, 1.165) is 38.6 Å². The van der Waals surface area contributed by atoms with Gasteiger partial charge in [0.2, 0.25) is 0 Å². The first kappa shape index (κ1) is 21.6. The van der Waals surface area contributed by atoms with Gasteiger partial charge in [0.15, 0.2) is 0 Å². The van der Waals surface area contributed by atoms with E-state index in [1.165, 1.54) is 0 Å². The Balaban J connectivity index is 1.31. The summed E-state index contributed by atoms with van der Waals surface area (Å²) in [6.07, 6.45) is 0. The van der Waals surface area contributed by atoms with Crippen molar-refractivity contribution in [3.8, 4) is 11.5 Å². The maximum atomic E-state index is 13.6. The molecule has 0 aliphatic carbocycles. The van der Waals surface area contributed by atoms with Crippen molar-refractivity contribution in [2.24, 2.45) is 0 Å². The van der Waals surface area contributed by atoms with Crippen LogP contribution in [0.5, 0.6) is 11.5 Å². The number of H-pyrrole nitrogens is 1. The summed E-state index contributed by atoms with van der Waals surface area (Å²) in [5.74, 6) is 1.12. The first-order valence-corrected chi connectivity index (χ1v) is 12.1. The van der Waals surface area contributed by atoms with Crippen molar-refractivity contribution in [3.05, 3.63) is 102 Å². The molecule has 2 N–H and O–H groups in total. The number of aromatic hydroxyl groups is 1. The number of alkyl halides is 1. The van der Waals surface area contributed by atoms with E-state index in [0.29, 0.717) is 30.4 Å². The second-order valence-corrected chi connectivity index (χ2v) is 9.16. The fourth-order valence-electron chi connectivity index (χ4n) is 4.95. The predicted molar refractivity (Wildman–Crippen MR) is 140 cm³/mol. The lowest BCUT2D eigenvalue weighted by Crippen LogP contribution is -2.30. The number of carbonyl (C=O) groups is 1. The van der Waals surface area contributed by atoms with Gasteiger partial charge in [0.1, 0.15) is 23.8 Å². The number of benzene rings is 4. The lowest BCUT2D eigenvalue weighted by Gasteiger charge is -2.17. The fourth-order valence-corrected chi connectivity index (χ4v) is 5.20. The third-order valence-electron chi connectivity index (χ3n) is 6.65. The summed E-state index contributed by atoms with van der Waals surface area (Å²) in [5, 5.41) is 13.2. The molecule has 0 unspecified atom stereocenters. The monoisotopic (exact) mass is 482 g/mol. The van der Waals surface area contributed by atoms with Crippen LogP contribution in [-0.2, 0) is 6.61 Å². The summed E-state index contributed by atoms with van der Waals surface area (Å²) in [7, 11) is 0. The van der Waals surface area contributed by atoms with Crippen LogP contribution in [0.3, 0.4) is 0 Å². The number of aromatic amines is 1. The lowest BCUT2D eigenvalue weighted by atomic mass is 9.95. The van der Waals surface area contributed by atoms with Crippen LogP contribution in [0, 0.1) is 0 Å². The van der Waals surface area contributed by atoms with Gasteiger partial charge in [-0.3, -0.25) is 4.79 Å². The highest BCUT2D eigenvalue weighted by Crippen LogP contribution is 2.45. The molecule has 35 heavy (non-hydrogen) atoms. The van der Waals surface area contributed by atoms with Crippen LogP contribution < -0.4 is 9.64 Å². The normalized spacial score (nSPS) is 15.0. The number of anilines is 1. The summed E-state index contributed by atoms with van der Waals surface area (Å²) in [6, 6.07) is 27.0. The van der Waals surface area contributed by atoms with E-state index in [2.05, 4.69) is 4.98 Å². The minimum absolute atomic E-state index is 0.0107. The average molecular weight is 483 g/mol. The van der Waals surface area contributed by atoms with Crippen LogP contribution in [0.25, 0.3) is 21.7 Å². The molecule has 0 spiro atoms. The molecule has 2 heterocycles. The van der Waals surface area contributed by atoms with Crippen molar-refractivity contribution >= 4 is 44.9 Å². The van der Waals surface area contributed by atoms with Gasteiger partial charge in [0, 0.05) is 40.7 Å². The minimum atomic E-state index is -0.156. The standard InChI is InChI=1S/C29H23ClN2O3/c30-15-20-16-32(26-14-27(33)22-8-4-5-9-23(22)28(20)26)29(34)25-13-19-12-21(10-11-24(19)31-25)35-17-18-6-2-1-3-7-18/h1-14,20,31,33H,15-17H2/t20-/m1/s1. The fraction of sp³-hybridized carbons (Fsp3) is 0.138. The van der Waals surface area contributed by atoms with E-state index in [-0.39, 0.29) is 17.6 Å². The molecule has 1 aliphatic heterocycles. The van der Waals surface area contributed by atoms with Crippen LogP contribution in [0.1, 0.15) is 27.5 Å². The first-order chi connectivity index (χ1) is 17.1. The molecular formula is C29H23ClN2O3. The number of phenols is 1. The zero-order valence-electron chi connectivity index (χ0n) is 18.9. The summed E-state index contributed by atoms with van der Waals surface area (Å²) in [5.41, 5.74) is 4.15. The molecule has 1 aromatic heterocycles. The molecule has 1 aliphatic rings. The Morgan fingerprint density at radius 3 is 2.57 bits per heavy atom. The number of phenolic OH excluding ortho intramolecular Hbond substituents is 1. The summed E-state index contributed by atoms with van der Waals surface area (Å²) < 4.78 is 5.95. The van der Waals surface area contributed by atoms with Crippen molar-refractivity contribution in [1.29, 1.82) is 0 Å². The number of nitrogens with zero attached hydrogens (tertiary/aromatic N) is 1. The first-order valence-electron chi connectivity index (χ1n) is 11.5. The van der Waals surface area contributed by atoms with Gasteiger partial charge < -0.3 is 19.7 Å². The summed E-state index contributed by atoms with van der Waals surface area (Å²) in [4.78, 5) is 18.6. The maximum Gasteiger partial charge on any atom is 0.274 e. The summed E-state index contributed by atoms with van der Waals surface area (Å²) >= 11 is 6.33. The van der Waals surface area contributed by atoms with Crippen molar-refractivity contribution < 1.29 is 14.6 Å². The molecule has 0 radical (unpaired) electrons. The number of halogens is 1. The van der Waals surface area contributed by atoms with Crippen molar-refractivity contribution in [1.82, 2.24) is 4.98 Å². The smallest absolute Gasteiger partial charge is 0.274 e. The van der Waals surface area contributed by atoms with Crippen molar-refractivity contribution in [3.63, 3.8) is 0 Å². The van der Waals surface area contributed by atoms with E-state index in [4.69, 9.17) is 16.3 Å². The van der Waals surface area contributed by atoms with Gasteiger partial charge in [0.25, 0.3) is 5.91 Å². The van der Waals surface area contributed by atoms with E-state index in [1.54, 1.807) is 11.0 Å². The van der Waals surface area contributed by atoms with E-state index in [9.17, 15) is 9.90 Å². The number of rotatable bonds is 5. The third kappa shape index (κ3) is 3.78. The van der Waals surface area contributed by atoms with Gasteiger partial charge in [0.05, 0.1) is 5.69 Å². The van der Waals surface area contributed by atoms with E-state index >= 15 is 0 Å². The van der Waals surface area contributed by atoms with E-state index in [1.807, 2.05) is 78.9 Å². The zero-order chi connectivity index (χ0) is 23.9. The van der Waals surface area contributed by atoms with Gasteiger partial charge in [-0.1, -0.05) is 54.6 Å². The van der Waals surface area contributed by atoms with Gasteiger partial charge in [-0.05, 0) is 40.8 Å². The minimum Gasteiger partial charge on any atom is -0.507 e. The molecule has 0 saturated heterocycles. The molecule has 0 bridgehead atoms. The molecule has 1 atom stereocenters. The average Bonchev–Trinajstić information content (AvgIpc) is 3.49. The second kappa shape index (κ2) is 8.67. The highest BCUT2D eigenvalue weighted by molar-refractivity contribution is 6.19. The van der Waals surface area contributed by atoms with Crippen LogP contribution in [-0.4, -0.2) is 28.4 Å². The number of fused-ring (bicyclic) bond motifs is 4. The molecule has 4 aromatic carbocycles. The number of aromatic nitrogens is 1. The highest BCUT2D eigenvalue weighted by atomic mass is 35.5. The molecule has 5 aromatic rings. The molecule has 5 nitrogen and oxygen atoms in total. The Kier molecular flexibility index (Phi) is 5.34. The Bertz CT molecular complexity index is 1560. The van der Waals surface area contributed by atoms with Crippen LogP contribution in [0.15, 0.2) is 84.9 Å². The second-order valence-electron chi connectivity index (χ2n) is 8.85. The quantitative estimate of drug-likeness (QED) is 0.278. The van der Waals surface area contributed by atoms with Crippen molar-refractivity contribution in [2.45, 2.75) is 12.5 Å². The molecular weight excluding hydrogens is 460 g/mol. The number of nitrogens with one attached hydrogen (secondary N) is 1. The topological polar surface area (TPSA) is 65.6 Å². The van der Waals surface area contributed by atoms with Gasteiger partial charge in [-0.2, -0.15) is 0 Å². The number of hydrogen-bond donors (Lipinski definition) is 2. The SMILES string of the molecule is O=C(c1cc2cc(OCc3ccccc3)ccc2[nH]1)N1C[C@@H](CCl)c2c1cc(O)c1ccccc21. The number of ether oxygens (including phenoxy) is 1. The molecule has 6 rings (SSSR count). The van der Waals surface area contributed by atoms with Gasteiger partial charge in [-0.15, -0.1) is 11.6 Å². The van der Waals surface area contributed by atoms with Crippen LogP contribution in [0.4, 0.5) is 5.69 Å². The molecule has 1 amide bonds. The zero-order valence-corrected chi connectivity index (χ0v) is 19.6. The Morgan fingerprint density at radius 2 is 1.77 bits per heavy atom. The molecule has 0 saturated carbocycles. The summed E-state index contributed by atoms with van der Waals surface area (Å²) in [6.45, 7) is 0.941. The third-order valence-corrected chi connectivity index (χ3v) is 7.02. The molecule has 0 fully saturated rings. The van der Waals surface area contributed by atoms with Gasteiger partial charge in [-0.25, -0.2) is 0 Å². The Labute approximate surface area is 207 Å². The van der Waals surface area contributed by atoms with Crippen LogP contribution in [0.2, 0.25) is 0 Å². The number of amides is 1. The molecule has 6 heteroatoms. The Hall–Kier alpha value is -3.96. The van der Waals surface area contributed by atoms with Crippen LogP contribution >= 0.6 is 11.6 Å². The number of hydrogen-bond acceptors (Lipinski definition) is 3. The number of carbonyl (C=O) groups excluding carboxylic acids is 1. The molecule has 174 valence electrons.